The molecule has 0 radical (unpaired) electrons. The molecule has 34 heavy (non-hydrogen) atoms. The third kappa shape index (κ3) is 6.75. The van der Waals surface area contributed by atoms with E-state index in [0.717, 1.165) is 0 Å². The summed E-state index contributed by atoms with van der Waals surface area (Å²) in [6.45, 7) is 2.05. The number of benzene rings is 2. The molecule has 0 fully saturated rings. The van der Waals surface area contributed by atoms with Gasteiger partial charge in [0.15, 0.2) is 0 Å². The summed E-state index contributed by atoms with van der Waals surface area (Å²) in [5.41, 5.74) is 2.43. The van der Waals surface area contributed by atoms with E-state index in [1.54, 1.807) is 67.6 Å². The average Bonchev–Trinajstić information content (AvgIpc) is 3.37. The summed E-state index contributed by atoms with van der Waals surface area (Å²) >= 11 is 1.35. The molecule has 3 aromatic rings. The summed E-state index contributed by atoms with van der Waals surface area (Å²) in [7, 11) is -3.89. The first-order chi connectivity index (χ1) is 16.3. The van der Waals surface area contributed by atoms with E-state index in [-0.39, 0.29) is 24.7 Å². The van der Waals surface area contributed by atoms with Crippen molar-refractivity contribution in [3.8, 4) is 0 Å². The molecule has 3 rings (SSSR count). The van der Waals surface area contributed by atoms with E-state index >= 15 is 0 Å². The van der Waals surface area contributed by atoms with Crippen LogP contribution in [0.2, 0.25) is 0 Å². The van der Waals surface area contributed by atoms with Gasteiger partial charge in [-0.2, -0.15) is 0 Å². The van der Waals surface area contributed by atoms with E-state index in [9.17, 15) is 22.8 Å². The molecule has 0 aliphatic carbocycles. The number of carbonyl (C=O) groups excluding carboxylic acids is 3. The molecule has 0 aliphatic heterocycles. The Balaban J connectivity index is 1.55. The fourth-order valence-corrected chi connectivity index (χ4v) is 4.82. The molecule has 8 nitrogen and oxygen atoms in total. The van der Waals surface area contributed by atoms with Gasteiger partial charge in [-0.3, -0.25) is 19.1 Å². The number of carbonyl (C=O) groups is 3. The molecule has 178 valence electrons. The summed E-state index contributed by atoms with van der Waals surface area (Å²) in [5.74, 6) is -1.82. The largest absolute Gasteiger partial charge is 0.463 e. The van der Waals surface area contributed by atoms with Gasteiger partial charge in [-0.05, 0) is 30.0 Å². The van der Waals surface area contributed by atoms with Crippen molar-refractivity contribution >= 4 is 45.2 Å². The molecular formula is C24H24N2O6S2. The maximum Gasteiger partial charge on any atom is 0.293 e. The van der Waals surface area contributed by atoms with Crippen molar-refractivity contribution in [3.05, 3.63) is 87.6 Å². The third-order valence-electron chi connectivity index (χ3n) is 5.08. The molecule has 0 aliphatic rings. The number of amides is 1. The highest BCUT2D eigenvalue weighted by molar-refractivity contribution is 7.90. The average molecular weight is 501 g/mol. The number of thiophene rings is 1. The molecule has 0 spiro atoms. The monoisotopic (exact) mass is 500 g/mol. The molecular weight excluding hydrogens is 476 g/mol. The third-order valence-corrected chi connectivity index (χ3v) is 7.20. The Kier molecular flexibility index (Phi) is 8.55. The first-order valence-electron chi connectivity index (χ1n) is 10.4. The van der Waals surface area contributed by atoms with E-state index in [0.29, 0.717) is 33.7 Å². The first-order valence-corrected chi connectivity index (χ1v) is 12.9. The zero-order valence-corrected chi connectivity index (χ0v) is 20.0. The van der Waals surface area contributed by atoms with Crippen molar-refractivity contribution in [2.24, 2.45) is 0 Å². The Morgan fingerprint density at radius 1 is 1.06 bits per heavy atom. The van der Waals surface area contributed by atoms with Crippen LogP contribution in [0, 0.1) is 0 Å². The molecule has 2 aromatic carbocycles. The quantitative estimate of drug-likeness (QED) is 0.289. The van der Waals surface area contributed by atoms with Gasteiger partial charge in [-0.25, -0.2) is 8.42 Å². The van der Waals surface area contributed by atoms with Crippen molar-refractivity contribution in [1.82, 2.24) is 4.72 Å². The Labute approximate surface area is 202 Å². The van der Waals surface area contributed by atoms with Gasteiger partial charge in [0, 0.05) is 23.4 Å². The Bertz CT molecular complexity index is 1240. The van der Waals surface area contributed by atoms with Gasteiger partial charge >= 0.3 is 0 Å². The summed E-state index contributed by atoms with van der Waals surface area (Å²) < 4.78 is 31.7. The number of anilines is 1. The number of nitrogens with one attached hydrogen (secondary N) is 2. The molecule has 0 saturated heterocycles. The van der Waals surface area contributed by atoms with Crippen LogP contribution in [0.25, 0.3) is 0 Å². The molecule has 1 aromatic heterocycles. The van der Waals surface area contributed by atoms with Crippen LogP contribution in [-0.4, -0.2) is 38.9 Å². The zero-order valence-electron chi connectivity index (χ0n) is 18.4. The molecule has 1 amide bonds. The lowest BCUT2D eigenvalue weighted by Crippen LogP contribution is -2.37. The van der Waals surface area contributed by atoms with Crippen molar-refractivity contribution < 1.29 is 27.5 Å². The van der Waals surface area contributed by atoms with E-state index in [1.807, 2.05) is 5.38 Å². The molecule has 2 N–H and O–H groups in total. The number of para-hydroxylation sites is 1. The molecule has 1 atom stereocenters. The number of hydrogen-bond acceptors (Lipinski definition) is 8. The molecule has 0 saturated carbocycles. The van der Waals surface area contributed by atoms with Gasteiger partial charge in [0.25, 0.3) is 6.47 Å². The minimum Gasteiger partial charge on any atom is -0.463 e. The van der Waals surface area contributed by atoms with Crippen LogP contribution in [0.4, 0.5) is 5.69 Å². The van der Waals surface area contributed by atoms with Crippen LogP contribution in [0.1, 0.15) is 39.2 Å². The minimum atomic E-state index is -3.89. The fraction of sp³-hybridized carbons (Fsp3) is 0.208. The fourth-order valence-electron chi connectivity index (χ4n) is 3.18. The smallest absolute Gasteiger partial charge is 0.293 e. The lowest BCUT2D eigenvalue weighted by atomic mass is 9.98. The predicted octanol–water partition coefficient (Wildman–Crippen LogP) is 3.31. The summed E-state index contributed by atoms with van der Waals surface area (Å²) in [5, 5.41) is 4.81. The predicted molar refractivity (Wildman–Crippen MR) is 130 cm³/mol. The highest BCUT2D eigenvalue weighted by Crippen LogP contribution is 2.20. The van der Waals surface area contributed by atoms with Crippen molar-refractivity contribution in [2.45, 2.75) is 19.4 Å². The second-order valence-corrected chi connectivity index (χ2v) is 10.2. The van der Waals surface area contributed by atoms with Crippen LogP contribution in [0.5, 0.6) is 0 Å². The molecule has 0 bridgehead atoms. The van der Waals surface area contributed by atoms with Gasteiger partial charge in [0.2, 0.25) is 21.7 Å². The van der Waals surface area contributed by atoms with Gasteiger partial charge in [-0.1, -0.05) is 48.5 Å². The summed E-state index contributed by atoms with van der Waals surface area (Å²) in [4.78, 5) is 36.0. The number of rotatable bonds is 12. The number of ether oxygens (including phenoxy) is 1. The van der Waals surface area contributed by atoms with E-state index in [4.69, 9.17) is 4.74 Å². The Morgan fingerprint density at radius 2 is 1.79 bits per heavy atom. The highest BCUT2D eigenvalue weighted by Gasteiger charge is 2.21. The summed E-state index contributed by atoms with van der Waals surface area (Å²) in [6, 6.07) is 17.1. The maximum absolute atomic E-state index is 12.5. The van der Waals surface area contributed by atoms with Gasteiger partial charge in [-0.15, -0.1) is 11.3 Å². The van der Waals surface area contributed by atoms with Crippen molar-refractivity contribution in [2.75, 3.05) is 17.6 Å². The first kappa shape index (κ1) is 25.1. The second-order valence-electron chi connectivity index (χ2n) is 7.43. The Morgan fingerprint density at radius 3 is 2.47 bits per heavy atom. The number of hydrogen-bond donors (Lipinski definition) is 2. The standard InChI is InChI=1S/C24H24N2O6S2/c1-17(18-8-10-19(11-9-18)23(28)22-7-4-13-33-22)24(29)26-34(30,31)14-12-25-21-6-3-2-5-20(21)15-32-16-27/h2-11,13,16-17,25H,12,14-15H2,1H3,(H,26,29). The highest BCUT2D eigenvalue weighted by atomic mass is 32.2. The van der Waals surface area contributed by atoms with Crippen LogP contribution in [-0.2, 0) is 31.0 Å². The maximum atomic E-state index is 12.5. The molecule has 1 heterocycles. The van der Waals surface area contributed by atoms with Gasteiger partial charge in [0.1, 0.15) is 6.61 Å². The van der Waals surface area contributed by atoms with Crippen LogP contribution in [0.15, 0.2) is 66.0 Å². The minimum absolute atomic E-state index is 0.0502. The normalized spacial score (nSPS) is 11.9. The topological polar surface area (TPSA) is 119 Å². The van der Waals surface area contributed by atoms with E-state index in [2.05, 4.69) is 10.0 Å². The molecule has 1 unspecified atom stereocenters. The van der Waals surface area contributed by atoms with Crippen LogP contribution >= 0.6 is 11.3 Å². The lowest BCUT2D eigenvalue weighted by molar-refractivity contribution is -0.129. The Hall–Kier alpha value is -3.50. The number of sulfonamides is 1. The van der Waals surface area contributed by atoms with Crippen LogP contribution in [0.3, 0.4) is 0 Å². The van der Waals surface area contributed by atoms with E-state index in [1.165, 1.54) is 11.3 Å². The molecule has 10 heteroatoms. The van der Waals surface area contributed by atoms with Gasteiger partial charge < -0.3 is 10.1 Å². The second kappa shape index (κ2) is 11.6. The SMILES string of the molecule is CC(C(=O)NS(=O)(=O)CCNc1ccccc1COC=O)c1ccc(C(=O)c2cccs2)cc1. The lowest BCUT2D eigenvalue weighted by Gasteiger charge is -2.15. The summed E-state index contributed by atoms with van der Waals surface area (Å²) in [6.07, 6.45) is 0. The zero-order chi connectivity index (χ0) is 24.6. The van der Waals surface area contributed by atoms with E-state index < -0.39 is 21.8 Å². The van der Waals surface area contributed by atoms with Crippen molar-refractivity contribution in [1.29, 1.82) is 0 Å². The van der Waals surface area contributed by atoms with Crippen LogP contribution < -0.4 is 10.0 Å². The van der Waals surface area contributed by atoms with Crippen molar-refractivity contribution in [3.63, 3.8) is 0 Å². The number of ketones is 1. The van der Waals surface area contributed by atoms with Gasteiger partial charge in [0.05, 0.1) is 16.5 Å².